The largest absolute Gasteiger partial charge is 0.373 e. The summed E-state index contributed by atoms with van der Waals surface area (Å²) in [5.41, 5.74) is 0.642. The van der Waals surface area contributed by atoms with Gasteiger partial charge in [0, 0.05) is 25.8 Å². The van der Waals surface area contributed by atoms with Crippen molar-refractivity contribution in [3.63, 3.8) is 0 Å². The molecule has 0 aromatic carbocycles. The van der Waals surface area contributed by atoms with E-state index in [-0.39, 0.29) is 0 Å². The summed E-state index contributed by atoms with van der Waals surface area (Å²) in [4.78, 5) is 6.69. The molecule has 0 aliphatic carbocycles. The van der Waals surface area contributed by atoms with E-state index in [2.05, 4.69) is 35.1 Å². The van der Waals surface area contributed by atoms with E-state index in [0.29, 0.717) is 17.8 Å². The Morgan fingerprint density at radius 1 is 1.38 bits per heavy atom. The number of nitrogens with one attached hydrogen (secondary N) is 1. The summed E-state index contributed by atoms with van der Waals surface area (Å²) >= 11 is 0. The van der Waals surface area contributed by atoms with Gasteiger partial charge in [0.05, 0.1) is 23.8 Å². The third-order valence-corrected chi connectivity index (χ3v) is 3.59. The lowest BCUT2D eigenvalue weighted by atomic mass is 10.2. The molecule has 1 aromatic rings. The van der Waals surface area contributed by atoms with Crippen LogP contribution in [0.3, 0.4) is 0 Å². The number of ether oxygens (including phenoxy) is 1. The summed E-state index contributed by atoms with van der Waals surface area (Å²) < 4.78 is 5.73. The summed E-state index contributed by atoms with van der Waals surface area (Å²) in [6.07, 6.45) is 4.59. The number of morpholine rings is 1. The molecule has 21 heavy (non-hydrogen) atoms. The Bertz CT molecular complexity index is 475. The molecule has 2 atom stereocenters. The molecule has 0 amide bonds. The van der Waals surface area contributed by atoms with Crippen LogP contribution >= 0.6 is 0 Å². The zero-order valence-electron chi connectivity index (χ0n) is 12.9. The maximum Gasteiger partial charge on any atom is 0.127 e. The Hall–Kier alpha value is -1.64. The first-order valence-corrected chi connectivity index (χ1v) is 7.65. The van der Waals surface area contributed by atoms with Crippen molar-refractivity contribution in [2.75, 3.05) is 31.5 Å². The molecule has 5 heteroatoms. The molecule has 1 aromatic heterocycles. The van der Waals surface area contributed by atoms with Gasteiger partial charge < -0.3 is 10.1 Å². The predicted molar refractivity (Wildman–Crippen MR) is 83.1 cm³/mol. The van der Waals surface area contributed by atoms with Crippen LogP contribution in [0.15, 0.2) is 18.3 Å². The average Bonchev–Trinajstić information content (AvgIpc) is 2.46. The third kappa shape index (κ3) is 5.33. The lowest BCUT2D eigenvalue weighted by Crippen LogP contribution is -2.45. The molecule has 1 aliphatic rings. The predicted octanol–water partition coefficient (Wildman–Crippen LogP) is 2.25. The molecule has 0 unspecified atom stereocenters. The Morgan fingerprint density at radius 3 is 2.86 bits per heavy atom. The first-order valence-electron chi connectivity index (χ1n) is 7.65. The van der Waals surface area contributed by atoms with Gasteiger partial charge in [0.2, 0.25) is 0 Å². The summed E-state index contributed by atoms with van der Waals surface area (Å²) in [6.45, 7) is 8.34. The lowest BCUT2D eigenvalue weighted by Gasteiger charge is -2.35. The quantitative estimate of drug-likeness (QED) is 0.814. The lowest BCUT2D eigenvalue weighted by molar-refractivity contribution is -0.0681. The van der Waals surface area contributed by atoms with Crippen molar-refractivity contribution < 1.29 is 4.74 Å². The van der Waals surface area contributed by atoms with E-state index in [4.69, 9.17) is 10.00 Å². The highest BCUT2D eigenvalue weighted by Crippen LogP contribution is 2.11. The molecule has 1 saturated heterocycles. The molecule has 2 rings (SSSR count). The molecule has 114 valence electrons. The van der Waals surface area contributed by atoms with Crippen LogP contribution in [0, 0.1) is 11.3 Å². The van der Waals surface area contributed by atoms with Crippen molar-refractivity contribution in [1.29, 1.82) is 5.26 Å². The van der Waals surface area contributed by atoms with Gasteiger partial charge in [0.1, 0.15) is 5.82 Å². The first-order chi connectivity index (χ1) is 10.2. The molecule has 1 fully saturated rings. The van der Waals surface area contributed by atoms with E-state index >= 15 is 0 Å². The van der Waals surface area contributed by atoms with Gasteiger partial charge in [-0.05, 0) is 45.4 Å². The van der Waals surface area contributed by atoms with Gasteiger partial charge in [-0.25, -0.2) is 4.98 Å². The number of aromatic nitrogens is 1. The summed E-state index contributed by atoms with van der Waals surface area (Å²) in [5, 5.41) is 12.1. The van der Waals surface area contributed by atoms with E-state index in [1.807, 2.05) is 0 Å². The molecular formula is C16H24N4O. The molecule has 5 nitrogen and oxygen atoms in total. The number of hydrogen-bond donors (Lipinski definition) is 1. The van der Waals surface area contributed by atoms with Crippen molar-refractivity contribution >= 4 is 5.82 Å². The standard InChI is InChI=1S/C16H24N4O/c1-13-11-20(12-14(2)21-13)8-4-3-6-18-16-9-15(10-17)5-7-19-16/h5,7,9,13-14H,3-4,6,8,11-12H2,1-2H3,(H,18,19)/t13-,14+. The van der Waals surface area contributed by atoms with Crippen LogP contribution in [0.4, 0.5) is 5.82 Å². The second kappa shape index (κ2) is 7.96. The number of anilines is 1. The fourth-order valence-electron chi connectivity index (χ4n) is 2.74. The number of unbranched alkanes of at least 4 members (excludes halogenated alkanes) is 1. The normalized spacial score (nSPS) is 22.7. The van der Waals surface area contributed by atoms with Gasteiger partial charge in [0.25, 0.3) is 0 Å². The number of hydrogen-bond acceptors (Lipinski definition) is 5. The van der Waals surface area contributed by atoms with Gasteiger partial charge >= 0.3 is 0 Å². The Labute approximate surface area is 126 Å². The van der Waals surface area contributed by atoms with E-state index < -0.39 is 0 Å². The van der Waals surface area contributed by atoms with Gasteiger partial charge in [0.15, 0.2) is 0 Å². The summed E-state index contributed by atoms with van der Waals surface area (Å²) in [6, 6.07) is 5.62. The minimum atomic E-state index is 0.338. The molecule has 1 aliphatic heterocycles. The van der Waals surface area contributed by atoms with Gasteiger partial charge in [-0.2, -0.15) is 5.26 Å². The Kier molecular flexibility index (Phi) is 5.97. The number of pyridine rings is 1. The van der Waals surface area contributed by atoms with Crippen LogP contribution in [0.5, 0.6) is 0 Å². The van der Waals surface area contributed by atoms with Crippen molar-refractivity contribution in [3.05, 3.63) is 23.9 Å². The smallest absolute Gasteiger partial charge is 0.127 e. The minimum Gasteiger partial charge on any atom is -0.373 e. The third-order valence-electron chi connectivity index (χ3n) is 3.59. The number of rotatable bonds is 6. The van der Waals surface area contributed by atoms with E-state index in [1.54, 1.807) is 18.3 Å². The Balaban J connectivity index is 1.62. The highest BCUT2D eigenvalue weighted by atomic mass is 16.5. The topological polar surface area (TPSA) is 61.2 Å². The molecule has 0 spiro atoms. The summed E-state index contributed by atoms with van der Waals surface area (Å²) in [5.74, 6) is 0.780. The molecule has 0 bridgehead atoms. The molecule has 2 heterocycles. The minimum absolute atomic E-state index is 0.338. The fraction of sp³-hybridized carbons (Fsp3) is 0.625. The van der Waals surface area contributed by atoms with Gasteiger partial charge in [-0.15, -0.1) is 0 Å². The van der Waals surface area contributed by atoms with Crippen molar-refractivity contribution in [3.8, 4) is 6.07 Å². The number of nitriles is 1. The monoisotopic (exact) mass is 288 g/mol. The molecule has 0 radical (unpaired) electrons. The van der Waals surface area contributed by atoms with Crippen LogP contribution < -0.4 is 5.32 Å². The summed E-state index contributed by atoms with van der Waals surface area (Å²) in [7, 11) is 0. The Morgan fingerprint density at radius 2 is 2.14 bits per heavy atom. The van der Waals surface area contributed by atoms with Gasteiger partial charge in [-0.3, -0.25) is 4.90 Å². The highest BCUT2D eigenvalue weighted by molar-refractivity contribution is 5.42. The van der Waals surface area contributed by atoms with E-state index in [9.17, 15) is 0 Å². The van der Waals surface area contributed by atoms with E-state index in [0.717, 1.165) is 44.8 Å². The van der Waals surface area contributed by atoms with Gasteiger partial charge in [-0.1, -0.05) is 0 Å². The maximum absolute atomic E-state index is 8.84. The van der Waals surface area contributed by atoms with Crippen LogP contribution in [-0.4, -0.2) is 48.3 Å². The maximum atomic E-state index is 8.84. The van der Waals surface area contributed by atoms with Crippen molar-refractivity contribution in [2.24, 2.45) is 0 Å². The molecule has 1 N–H and O–H groups in total. The number of nitrogens with zero attached hydrogens (tertiary/aromatic N) is 3. The van der Waals surface area contributed by atoms with Crippen LogP contribution in [-0.2, 0) is 4.74 Å². The second-order valence-electron chi connectivity index (χ2n) is 5.69. The molecular weight excluding hydrogens is 264 g/mol. The zero-order valence-corrected chi connectivity index (χ0v) is 12.9. The SMILES string of the molecule is C[C@@H]1CN(CCCCNc2cc(C#N)ccn2)C[C@H](C)O1. The van der Waals surface area contributed by atoms with Crippen LogP contribution in [0.25, 0.3) is 0 Å². The highest BCUT2D eigenvalue weighted by Gasteiger charge is 2.21. The van der Waals surface area contributed by atoms with Crippen LogP contribution in [0.1, 0.15) is 32.3 Å². The average molecular weight is 288 g/mol. The zero-order chi connectivity index (χ0) is 15.1. The second-order valence-corrected chi connectivity index (χ2v) is 5.69. The first kappa shape index (κ1) is 15.7. The van der Waals surface area contributed by atoms with Crippen LogP contribution in [0.2, 0.25) is 0 Å². The van der Waals surface area contributed by atoms with Crippen molar-refractivity contribution in [1.82, 2.24) is 9.88 Å². The molecule has 0 saturated carbocycles. The fourth-order valence-corrected chi connectivity index (χ4v) is 2.74. The van der Waals surface area contributed by atoms with E-state index in [1.165, 1.54) is 0 Å². The van der Waals surface area contributed by atoms with Crippen molar-refractivity contribution in [2.45, 2.75) is 38.9 Å².